The number of benzene rings is 1. The monoisotopic (exact) mass is 190 g/mol. The van der Waals surface area contributed by atoms with E-state index >= 15 is 0 Å². The van der Waals surface area contributed by atoms with Crippen molar-refractivity contribution < 1.29 is 0 Å². The van der Waals surface area contributed by atoms with Crippen LogP contribution in [0.15, 0.2) is 18.2 Å². The van der Waals surface area contributed by atoms with Gasteiger partial charge in [-0.2, -0.15) is 0 Å². The van der Waals surface area contributed by atoms with E-state index in [0.717, 1.165) is 6.54 Å². The minimum absolute atomic E-state index is 0.467. The lowest BCUT2D eigenvalue weighted by Crippen LogP contribution is -2.30. The molecule has 0 aromatic heterocycles. The summed E-state index contributed by atoms with van der Waals surface area (Å²) in [6.07, 6.45) is 2.98. The second kappa shape index (κ2) is 4.01. The van der Waals surface area contributed by atoms with Crippen molar-refractivity contribution in [3.05, 3.63) is 29.3 Å². The number of aryl methyl sites for hydroxylation is 2. The van der Waals surface area contributed by atoms with Gasteiger partial charge in [-0.05, 0) is 44.4 Å². The Balaban J connectivity index is 2.14. The summed E-state index contributed by atoms with van der Waals surface area (Å²) in [5, 5.41) is 7.01. The van der Waals surface area contributed by atoms with Gasteiger partial charge < -0.3 is 5.32 Å². The molecule has 0 bridgehead atoms. The van der Waals surface area contributed by atoms with Crippen LogP contribution in [0.1, 0.15) is 24.0 Å². The van der Waals surface area contributed by atoms with Crippen LogP contribution in [0.4, 0.5) is 5.69 Å². The van der Waals surface area contributed by atoms with Crippen molar-refractivity contribution in [2.45, 2.75) is 32.9 Å². The third-order valence-electron chi connectivity index (χ3n) is 2.86. The molecule has 0 aliphatic carbocycles. The maximum atomic E-state index is 3.57. The minimum atomic E-state index is 0.467. The first-order chi connectivity index (χ1) is 6.77. The first-order valence-corrected chi connectivity index (χ1v) is 5.33. The fourth-order valence-electron chi connectivity index (χ4n) is 2.02. The molecule has 1 saturated heterocycles. The summed E-state index contributed by atoms with van der Waals surface area (Å²) < 4.78 is 0. The smallest absolute Gasteiger partial charge is 0.0768 e. The van der Waals surface area contributed by atoms with Gasteiger partial charge in [0.15, 0.2) is 0 Å². The SMILES string of the molecule is Cc1cccc(C)c1N[C@H]1CCCN1. The third-order valence-corrected chi connectivity index (χ3v) is 2.86. The molecule has 1 aromatic rings. The maximum absolute atomic E-state index is 3.57. The van der Waals surface area contributed by atoms with Crippen molar-refractivity contribution in [2.24, 2.45) is 0 Å². The van der Waals surface area contributed by atoms with Crippen LogP contribution in [0.5, 0.6) is 0 Å². The Hall–Kier alpha value is -1.02. The lowest BCUT2D eigenvalue weighted by Gasteiger charge is -2.18. The van der Waals surface area contributed by atoms with Crippen LogP contribution in [0.3, 0.4) is 0 Å². The molecule has 2 N–H and O–H groups in total. The Labute approximate surface area is 85.7 Å². The highest BCUT2D eigenvalue weighted by Gasteiger charge is 2.14. The predicted molar refractivity (Wildman–Crippen MR) is 60.6 cm³/mol. The molecule has 76 valence electrons. The number of anilines is 1. The molecule has 0 radical (unpaired) electrons. The lowest BCUT2D eigenvalue weighted by atomic mass is 10.1. The first kappa shape index (κ1) is 9.53. The molecule has 1 heterocycles. The molecular weight excluding hydrogens is 172 g/mol. The normalized spacial score (nSPS) is 21.1. The Morgan fingerprint density at radius 3 is 2.57 bits per heavy atom. The predicted octanol–water partition coefficient (Wildman–Crippen LogP) is 2.42. The van der Waals surface area contributed by atoms with E-state index in [0.29, 0.717) is 6.17 Å². The number of hydrogen-bond donors (Lipinski definition) is 2. The quantitative estimate of drug-likeness (QED) is 0.748. The molecule has 2 rings (SSSR count). The van der Waals surface area contributed by atoms with Gasteiger partial charge in [0.05, 0.1) is 6.17 Å². The minimum Gasteiger partial charge on any atom is -0.369 e. The number of rotatable bonds is 2. The van der Waals surface area contributed by atoms with E-state index in [1.54, 1.807) is 0 Å². The maximum Gasteiger partial charge on any atom is 0.0768 e. The summed E-state index contributed by atoms with van der Waals surface area (Å²) in [5.41, 5.74) is 3.96. The van der Waals surface area contributed by atoms with Crippen LogP contribution in [-0.4, -0.2) is 12.7 Å². The molecule has 1 aliphatic heterocycles. The lowest BCUT2D eigenvalue weighted by molar-refractivity contribution is 0.678. The molecule has 0 spiro atoms. The molecule has 14 heavy (non-hydrogen) atoms. The van der Waals surface area contributed by atoms with Crippen LogP contribution in [0, 0.1) is 13.8 Å². The zero-order chi connectivity index (χ0) is 9.97. The molecule has 1 aromatic carbocycles. The standard InChI is InChI=1S/C12H18N2/c1-9-5-3-6-10(2)12(9)14-11-7-4-8-13-11/h3,5-6,11,13-14H,4,7-8H2,1-2H3/t11-/m0/s1. The van der Waals surface area contributed by atoms with Crippen LogP contribution in [0.2, 0.25) is 0 Å². The average molecular weight is 190 g/mol. The number of hydrogen-bond acceptors (Lipinski definition) is 2. The van der Waals surface area contributed by atoms with Gasteiger partial charge in [0.2, 0.25) is 0 Å². The first-order valence-electron chi connectivity index (χ1n) is 5.33. The van der Waals surface area contributed by atoms with E-state index in [9.17, 15) is 0 Å². The van der Waals surface area contributed by atoms with Crippen molar-refractivity contribution in [3.63, 3.8) is 0 Å². The van der Waals surface area contributed by atoms with Gasteiger partial charge in [-0.25, -0.2) is 0 Å². The molecule has 0 unspecified atom stereocenters. The molecule has 2 nitrogen and oxygen atoms in total. The van der Waals surface area contributed by atoms with Gasteiger partial charge >= 0.3 is 0 Å². The molecule has 1 aliphatic rings. The molecule has 0 saturated carbocycles. The zero-order valence-electron chi connectivity index (χ0n) is 8.93. The van der Waals surface area contributed by atoms with Crippen molar-refractivity contribution in [2.75, 3.05) is 11.9 Å². The largest absolute Gasteiger partial charge is 0.369 e. The molecule has 0 amide bonds. The summed E-state index contributed by atoms with van der Waals surface area (Å²) >= 11 is 0. The van der Waals surface area contributed by atoms with Crippen LogP contribution >= 0.6 is 0 Å². The summed E-state index contributed by atoms with van der Waals surface area (Å²) in [6, 6.07) is 6.42. The Bertz CT molecular complexity index is 294. The fourth-order valence-corrected chi connectivity index (χ4v) is 2.02. The van der Waals surface area contributed by atoms with E-state index < -0.39 is 0 Å². The van der Waals surface area contributed by atoms with Crippen LogP contribution in [0.25, 0.3) is 0 Å². The van der Waals surface area contributed by atoms with Gasteiger partial charge in [-0.1, -0.05) is 18.2 Å². The van der Waals surface area contributed by atoms with Gasteiger partial charge in [-0.3, -0.25) is 5.32 Å². The Morgan fingerprint density at radius 2 is 2.00 bits per heavy atom. The summed E-state index contributed by atoms with van der Waals surface area (Å²) in [5.74, 6) is 0. The van der Waals surface area contributed by atoms with Crippen molar-refractivity contribution in [1.29, 1.82) is 0 Å². The fraction of sp³-hybridized carbons (Fsp3) is 0.500. The zero-order valence-corrected chi connectivity index (χ0v) is 8.93. The Kier molecular flexibility index (Phi) is 2.73. The highest BCUT2D eigenvalue weighted by atomic mass is 15.1. The molecule has 1 fully saturated rings. The second-order valence-corrected chi connectivity index (χ2v) is 4.06. The van der Waals surface area contributed by atoms with Gasteiger partial charge in [0.1, 0.15) is 0 Å². The molecular formula is C12H18N2. The highest BCUT2D eigenvalue weighted by molar-refractivity contribution is 5.57. The molecule has 2 heteroatoms. The summed E-state index contributed by atoms with van der Waals surface area (Å²) in [4.78, 5) is 0. The van der Waals surface area contributed by atoms with Crippen molar-refractivity contribution in [3.8, 4) is 0 Å². The van der Waals surface area contributed by atoms with Crippen LogP contribution in [-0.2, 0) is 0 Å². The second-order valence-electron chi connectivity index (χ2n) is 4.06. The van der Waals surface area contributed by atoms with Gasteiger partial charge in [-0.15, -0.1) is 0 Å². The van der Waals surface area contributed by atoms with E-state index in [-0.39, 0.29) is 0 Å². The van der Waals surface area contributed by atoms with Crippen molar-refractivity contribution in [1.82, 2.24) is 5.32 Å². The average Bonchev–Trinajstić information content (AvgIpc) is 2.64. The van der Waals surface area contributed by atoms with Crippen molar-refractivity contribution >= 4 is 5.69 Å². The summed E-state index contributed by atoms with van der Waals surface area (Å²) in [6.45, 7) is 5.46. The van der Waals surface area contributed by atoms with Crippen LogP contribution < -0.4 is 10.6 Å². The van der Waals surface area contributed by atoms with E-state index in [2.05, 4.69) is 42.7 Å². The highest BCUT2D eigenvalue weighted by Crippen LogP contribution is 2.21. The Morgan fingerprint density at radius 1 is 1.29 bits per heavy atom. The molecule has 1 atom stereocenters. The van der Waals surface area contributed by atoms with E-state index in [4.69, 9.17) is 0 Å². The van der Waals surface area contributed by atoms with Gasteiger partial charge in [0.25, 0.3) is 0 Å². The van der Waals surface area contributed by atoms with E-state index in [1.165, 1.54) is 29.7 Å². The summed E-state index contributed by atoms with van der Waals surface area (Å²) in [7, 11) is 0. The third kappa shape index (κ3) is 1.90. The topological polar surface area (TPSA) is 24.1 Å². The number of nitrogens with one attached hydrogen (secondary N) is 2. The number of para-hydroxylation sites is 1. The van der Waals surface area contributed by atoms with E-state index in [1.807, 2.05) is 0 Å². The van der Waals surface area contributed by atoms with Gasteiger partial charge in [0, 0.05) is 5.69 Å².